The fourth-order valence-electron chi connectivity index (χ4n) is 2.34. The van der Waals surface area contributed by atoms with E-state index in [0.29, 0.717) is 6.61 Å². The molecule has 0 aliphatic rings. The number of rotatable bonds is 10. The maximum Gasteiger partial charge on any atom is 0.191 e. The molecule has 0 fully saturated rings. The SMILES string of the molecule is CCNC(=NCCCOc1ccccc1)NCCCn1cc(C)cn1. The van der Waals surface area contributed by atoms with Gasteiger partial charge >= 0.3 is 0 Å². The second kappa shape index (κ2) is 11.1. The maximum atomic E-state index is 5.68. The Hall–Kier alpha value is -2.50. The molecule has 1 heterocycles. The van der Waals surface area contributed by atoms with Crippen LogP contribution in [-0.2, 0) is 6.54 Å². The molecule has 6 nitrogen and oxygen atoms in total. The van der Waals surface area contributed by atoms with Gasteiger partial charge in [-0.1, -0.05) is 18.2 Å². The number of nitrogens with zero attached hydrogens (tertiary/aromatic N) is 3. The first-order valence-corrected chi connectivity index (χ1v) is 8.97. The minimum absolute atomic E-state index is 0.672. The van der Waals surface area contributed by atoms with Gasteiger partial charge in [-0.05, 0) is 38.0 Å². The molecule has 0 amide bonds. The van der Waals surface area contributed by atoms with E-state index in [2.05, 4.69) is 40.8 Å². The van der Waals surface area contributed by atoms with Crippen molar-refractivity contribution in [3.8, 4) is 5.75 Å². The molecule has 6 heteroatoms. The summed E-state index contributed by atoms with van der Waals surface area (Å²) in [6.07, 6.45) is 5.84. The van der Waals surface area contributed by atoms with Gasteiger partial charge in [0.2, 0.25) is 0 Å². The number of benzene rings is 1. The molecular weight excluding hydrogens is 314 g/mol. The molecule has 0 saturated carbocycles. The summed E-state index contributed by atoms with van der Waals surface area (Å²) in [6, 6.07) is 9.88. The van der Waals surface area contributed by atoms with Crippen molar-refractivity contribution in [3.63, 3.8) is 0 Å². The van der Waals surface area contributed by atoms with Gasteiger partial charge in [0.05, 0.1) is 12.8 Å². The van der Waals surface area contributed by atoms with Crippen molar-refractivity contribution in [2.24, 2.45) is 4.99 Å². The Morgan fingerprint density at radius 2 is 2.04 bits per heavy atom. The van der Waals surface area contributed by atoms with Crippen molar-refractivity contribution in [2.45, 2.75) is 33.2 Å². The summed E-state index contributed by atoms with van der Waals surface area (Å²) < 4.78 is 7.65. The van der Waals surface area contributed by atoms with E-state index < -0.39 is 0 Å². The number of aromatic nitrogens is 2. The highest BCUT2D eigenvalue weighted by atomic mass is 16.5. The van der Waals surface area contributed by atoms with E-state index in [0.717, 1.165) is 50.7 Å². The van der Waals surface area contributed by atoms with Gasteiger partial charge in [0.15, 0.2) is 5.96 Å². The summed E-state index contributed by atoms with van der Waals surface area (Å²) in [5.41, 5.74) is 1.19. The number of hydrogen-bond acceptors (Lipinski definition) is 3. The highest BCUT2D eigenvalue weighted by Gasteiger charge is 1.98. The highest BCUT2D eigenvalue weighted by molar-refractivity contribution is 5.79. The van der Waals surface area contributed by atoms with Crippen molar-refractivity contribution in [3.05, 3.63) is 48.3 Å². The van der Waals surface area contributed by atoms with Crippen LogP contribution >= 0.6 is 0 Å². The van der Waals surface area contributed by atoms with Gasteiger partial charge in [0.1, 0.15) is 5.75 Å². The average molecular weight is 343 g/mol. The molecule has 25 heavy (non-hydrogen) atoms. The molecular formula is C19H29N5O. The summed E-state index contributed by atoms with van der Waals surface area (Å²) in [5, 5.41) is 10.9. The molecule has 0 spiro atoms. The number of hydrogen-bond donors (Lipinski definition) is 2. The van der Waals surface area contributed by atoms with Crippen LogP contribution in [0.4, 0.5) is 0 Å². The molecule has 0 atom stereocenters. The Balaban J connectivity index is 1.61. The first-order valence-electron chi connectivity index (χ1n) is 8.97. The first-order chi connectivity index (χ1) is 12.3. The molecule has 1 aromatic carbocycles. The Morgan fingerprint density at radius 3 is 2.76 bits per heavy atom. The lowest BCUT2D eigenvalue weighted by atomic mass is 10.3. The molecule has 2 N–H and O–H groups in total. The minimum atomic E-state index is 0.672. The third kappa shape index (κ3) is 7.74. The fraction of sp³-hybridized carbons (Fsp3) is 0.474. The Kier molecular flexibility index (Phi) is 8.38. The highest BCUT2D eigenvalue weighted by Crippen LogP contribution is 2.08. The number of nitrogens with one attached hydrogen (secondary N) is 2. The Labute approximate surface area is 150 Å². The van der Waals surface area contributed by atoms with Crippen LogP contribution in [0, 0.1) is 6.92 Å². The van der Waals surface area contributed by atoms with Gasteiger partial charge in [-0.25, -0.2) is 0 Å². The average Bonchev–Trinajstić information content (AvgIpc) is 3.04. The topological polar surface area (TPSA) is 63.5 Å². The normalized spacial score (nSPS) is 11.4. The van der Waals surface area contributed by atoms with E-state index >= 15 is 0 Å². The van der Waals surface area contributed by atoms with Crippen LogP contribution in [0.5, 0.6) is 5.75 Å². The molecule has 0 bridgehead atoms. The van der Waals surface area contributed by atoms with Gasteiger partial charge in [-0.3, -0.25) is 9.67 Å². The number of ether oxygens (including phenoxy) is 1. The van der Waals surface area contributed by atoms with Crippen molar-refractivity contribution in [1.29, 1.82) is 0 Å². The summed E-state index contributed by atoms with van der Waals surface area (Å²) in [5.74, 6) is 1.77. The third-order valence-corrected chi connectivity index (χ3v) is 3.55. The maximum absolute atomic E-state index is 5.68. The second-order valence-electron chi connectivity index (χ2n) is 5.84. The van der Waals surface area contributed by atoms with Crippen LogP contribution in [0.1, 0.15) is 25.3 Å². The molecule has 2 aromatic rings. The number of aliphatic imine (C=N–C) groups is 1. The van der Waals surface area contributed by atoms with Crippen LogP contribution in [-0.4, -0.2) is 42.0 Å². The van der Waals surface area contributed by atoms with E-state index in [9.17, 15) is 0 Å². The zero-order valence-corrected chi connectivity index (χ0v) is 15.2. The lowest BCUT2D eigenvalue weighted by Gasteiger charge is -2.11. The van der Waals surface area contributed by atoms with Gasteiger partial charge in [0.25, 0.3) is 0 Å². The minimum Gasteiger partial charge on any atom is -0.494 e. The molecule has 2 rings (SSSR count). The van der Waals surface area contributed by atoms with E-state index in [1.807, 2.05) is 41.2 Å². The molecule has 0 unspecified atom stereocenters. The van der Waals surface area contributed by atoms with E-state index in [1.54, 1.807) is 0 Å². The van der Waals surface area contributed by atoms with Gasteiger partial charge < -0.3 is 15.4 Å². The Morgan fingerprint density at radius 1 is 1.20 bits per heavy atom. The first kappa shape index (κ1) is 18.8. The molecule has 0 saturated heterocycles. The van der Waals surface area contributed by atoms with E-state index in [-0.39, 0.29) is 0 Å². The van der Waals surface area contributed by atoms with Crippen LogP contribution in [0.25, 0.3) is 0 Å². The standard InChI is InChI=1S/C19H29N5O/c1-3-20-19(21-11-7-13-24-16-17(2)15-23-24)22-12-8-14-25-18-9-5-4-6-10-18/h4-6,9-10,15-16H,3,7-8,11-14H2,1-2H3,(H2,20,21,22). The van der Waals surface area contributed by atoms with E-state index in [4.69, 9.17) is 4.74 Å². The predicted octanol–water partition coefficient (Wildman–Crippen LogP) is 2.61. The monoisotopic (exact) mass is 343 g/mol. The fourth-order valence-corrected chi connectivity index (χ4v) is 2.34. The van der Waals surface area contributed by atoms with Crippen LogP contribution in [0.3, 0.4) is 0 Å². The third-order valence-electron chi connectivity index (χ3n) is 3.55. The number of guanidine groups is 1. The zero-order chi connectivity index (χ0) is 17.7. The molecule has 0 aliphatic carbocycles. The molecule has 0 aliphatic heterocycles. The lowest BCUT2D eigenvalue weighted by Crippen LogP contribution is -2.38. The zero-order valence-electron chi connectivity index (χ0n) is 15.2. The van der Waals surface area contributed by atoms with Gasteiger partial charge in [0, 0.05) is 38.8 Å². The van der Waals surface area contributed by atoms with Crippen molar-refractivity contribution in [1.82, 2.24) is 20.4 Å². The summed E-state index contributed by atoms with van der Waals surface area (Å²) >= 11 is 0. The molecule has 0 radical (unpaired) electrons. The number of aryl methyl sites for hydroxylation is 2. The summed E-state index contributed by atoms with van der Waals surface area (Å²) in [7, 11) is 0. The lowest BCUT2D eigenvalue weighted by molar-refractivity contribution is 0.313. The van der Waals surface area contributed by atoms with Crippen molar-refractivity contribution < 1.29 is 4.74 Å². The van der Waals surface area contributed by atoms with Crippen LogP contribution < -0.4 is 15.4 Å². The number of para-hydroxylation sites is 1. The van der Waals surface area contributed by atoms with Crippen LogP contribution in [0.2, 0.25) is 0 Å². The van der Waals surface area contributed by atoms with Crippen molar-refractivity contribution >= 4 is 5.96 Å². The van der Waals surface area contributed by atoms with Gasteiger partial charge in [-0.15, -0.1) is 0 Å². The smallest absolute Gasteiger partial charge is 0.191 e. The largest absolute Gasteiger partial charge is 0.494 e. The summed E-state index contributed by atoms with van der Waals surface area (Å²) in [6.45, 7) is 8.16. The van der Waals surface area contributed by atoms with Gasteiger partial charge in [-0.2, -0.15) is 5.10 Å². The predicted molar refractivity (Wildman–Crippen MR) is 102 cm³/mol. The molecule has 136 valence electrons. The van der Waals surface area contributed by atoms with Crippen LogP contribution in [0.15, 0.2) is 47.7 Å². The van der Waals surface area contributed by atoms with Crippen molar-refractivity contribution in [2.75, 3.05) is 26.2 Å². The second-order valence-corrected chi connectivity index (χ2v) is 5.84. The van der Waals surface area contributed by atoms with E-state index in [1.165, 1.54) is 5.56 Å². The Bertz CT molecular complexity index is 624. The molecule has 1 aromatic heterocycles. The quantitative estimate of drug-likeness (QED) is 0.395. The summed E-state index contributed by atoms with van der Waals surface area (Å²) in [4.78, 5) is 4.59.